The van der Waals surface area contributed by atoms with Gasteiger partial charge in [-0.1, -0.05) is 6.92 Å². The van der Waals surface area contributed by atoms with Crippen LogP contribution < -0.4 is 5.32 Å². The molecule has 1 N–H and O–H groups in total. The van der Waals surface area contributed by atoms with Crippen molar-refractivity contribution in [1.29, 1.82) is 5.26 Å². The number of furan rings is 1. The molecule has 0 aliphatic heterocycles. The average molecular weight is 238 g/mol. The molecule has 0 spiro atoms. The molecule has 0 amide bonds. The topological polar surface area (TPSA) is 49.0 Å². The van der Waals surface area contributed by atoms with Crippen LogP contribution in [-0.4, -0.2) is 12.3 Å². The molecular formula is C12H18N2OS. The summed E-state index contributed by atoms with van der Waals surface area (Å²) in [6.07, 6.45) is 3.57. The molecule has 0 aliphatic carbocycles. The predicted octanol–water partition coefficient (Wildman–Crippen LogP) is 2.92. The lowest BCUT2D eigenvalue weighted by atomic mass is 10.1. The van der Waals surface area contributed by atoms with E-state index in [2.05, 4.69) is 24.6 Å². The van der Waals surface area contributed by atoms with Crippen molar-refractivity contribution in [1.82, 2.24) is 5.32 Å². The Labute approximate surface area is 101 Å². The monoisotopic (exact) mass is 238 g/mol. The van der Waals surface area contributed by atoms with Gasteiger partial charge in [0.1, 0.15) is 11.5 Å². The molecule has 0 aliphatic rings. The van der Waals surface area contributed by atoms with E-state index in [0.717, 1.165) is 23.7 Å². The van der Waals surface area contributed by atoms with E-state index < -0.39 is 0 Å². The summed E-state index contributed by atoms with van der Waals surface area (Å²) in [4.78, 5) is 0. The summed E-state index contributed by atoms with van der Waals surface area (Å²) < 4.78 is 5.63. The van der Waals surface area contributed by atoms with Gasteiger partial charge in [-0.05, 0) is 24.8 Å². The van der Waals surface area contributed by atoms with Crippen LogP contribution >= 0.6 is 11.8 Å². The number of rotatable bonds is 7. The van der Waals surface area contributed by atoms with Crippen LogP contribution in [-0.2, 0) is 12.3 Å². The minimum atomic E-state index is 0.263. The van der Waals surface area contributed by atoms with Crippen molar-refractivity contribution >= 4 is 11.8 Å². The van der Waals surface area contributed by atoms with E-state index in [1.165, 1.54) is 0 Å². The zero-order valence-corrected chi connectivity index (χ0v) is 10.6. The van der Waals surface area contributed by atoms with Gasteiger partial charge in [0.15, 0.2) is 0 Å². The predicted molar refractivity (Wildman–Crippen MR) is 67.1 cm³/mol. The van der Waals surface area contributed by atoms with Crippen molar-refractivity contribution in [3.05, 3.63) is 23.7 Å². The third-order valence-electron chi connectivity index (χ3n) is 2.40. The number of nitrogens with one attached hydrogen (secondary N) is 1. The molecule has 1 rings (SSSR count). The highest BCUT2D eigenvalue weighted by atomic mass is 32.2. The smallest absolute Gasteiger partial charge is 0.118 e. The van der Waals surface area contributed by atoms with Gasteiger partial charge in [0, 0.05) is 6.04 Å². The van der Waals surface area contributed by atoms with Crippen LogP contribution in [0.15, 0.2) is 16.5 Å². The summed E-state index contributed by atoms with van der Waals surface area (Å²) in [6.45, 7) is 2.78. The van der Waals surface area contributed by atoms with Crippen molar-refractivity contribution in [3.8, 4) is 6.07 Å². The second-order valence-electron chi connectivity index (χ2n) is 3.65. The Hall–Kier alpha value is -0.920. The lowest BCUT2D eigenvalue weighted by Gasteiger charge is -2.11. The van der Waals surface area contributed by atoms with Gasteiger partial charge >= 0.3 is 0 Å². The molecule has 0 radical (unpaired) electrons. The second-order valence-corrected chi connectivity index (χ2v) is 4.52. The van der Waals surface area contributed by atoms with Crippen LogP contribution in [0.5, 0.6) is 0 Å². The number of hydrogen-bond donors (Lipinski definition) is 1. The van der Waals surface area contributed by atoms with Crippen LogP contribution in [0.4, 0.5) is 0 Å². The summed E-state index contributed by atoms with van der Waals surface area (Å²) in [5.41, 5.74) is 0. The third kappa shape index (κ3) is 4.30. The summed E-state index contributed by atoms with van der Waals surface area (Å²) in [6, 6.07) is 6.46. The first-order valence-electron chi connectivity index (χ1n) is 5.47. The molecule has 1 heterocycles. The van der Waals surface area contributed by atoms with Gasteiger partial charge in [-0.25, -0.2) is 0 Å². The fourth-order valence-electron chi connectivity index (χ4n) is 1.45. The van der Waals surface area contributed by atoms with Crippen LogP contribution in [0, 0.1) is 11.3 Å². The Kier molecular flexibility index (Phi) is 6.05. The zero-order valence-electron chi connectivity index (χ0n) is 9.82. The summed E-state index contributed by atoms with van der Waals surface area (Å²) in [5.74, 6) is 2.87. The Morgan fingerprint density at radius 1 is 1.50 bits per heavy atom. The Morgan fingerprint density at radius 2 is 2.25 bits per heavy atom. The Bertz CT molecular complexity index is 343. The molecule has 3 nitrogen and oxygen atoms in total. The standard InChI is InChI=1S/C12H18N2OS/c1-3-10(6-7-13)14-8-11-4-5-12(15-11)9-16-2/h4-5,10,14H,3,6,8-9H2,1-2H3. The van der Waals surface area contributed by atoms with Crippen molar-refractivity contribution in [2.75, 3.05) is 6.26 Å². The Balaban J connectivity index is 2.38. The molecule has 0 bridgehead atoms. The maximum Gasteiger partial charge on any atom is 0.118 e. The maximum absolute atomic E-state index is 8.62. The number of hydrogen-bond acceptors (Lipinski definition) is 4. The van der Waals surface area contributed by atoms with Crippen molar-refractivity contribution < 1.29 is 4.42 Å². The van der Waals surface area contributed by atoms with Gasteiger partial charge in [-0.2, -0.15) is 17.0 Å². The quantitative estimate of drug-likeness (QED) is 0.793. The first-order chi connectivity index (χ1) is 7.80. The number of thioether (sulfide) groups is 1. The molecule has 88 valence electrons. The van der Waals surface area contributed by atoms with Gasteiger partial charge in [0.25, 0.3) is 0 Å². The van der Waals surface area contributed by atoms with E-state index >= 15 is 0 Å². The van der Waals surface area contributed by atoms with Gasteiger partial charge in [-0.3, -0.25) is 0 Å². The fourth-order valence-corrected chi connectivity index (χ4v) is 1.89. The van der Waals surface area contributed by atoms with Crippen molar-refractivity contribution in [2.24, 2.45) is 0 Å². The maximum atomic E-state index is 8.62. The third-order valence-corrected chi connectivity index (χ3v) is 2.97. The molecule has 4 heteroatoms. The van der Waals surface area contributed by atoms with Crippen LogP contribution in [0.1, 0.15) is 31.3 Å². The lowest BCUT2D eigenvalue weighted by molar-refractivity contribution is 0.426. The van der Waals surface area contributed by atoms with Crippen molar-refractivity contribution in [2.45, 2.75) is 38.1 Å². The van der Waals surface area contributed by atoms with Gasteiger partial charge in [-0.15, -0.1) is 0 Å². The molecule has 0 fully saturated rings. The molecule has 1 aromatic heterocycles. The molecule has 0 saturated carbocycles. The van der Waals surface area contributed by atoms with Crippen LogP contribution in [0.2, 0.25) is 0 Å². The highest BCUT2D eigenvalue weighted by Gasteiger charge is 2.06. The van der Waals surface area contributed by atoms with Crippen LogP contribution in [0.25, 0.3) is 0 Å². The average Bonchev–Trinajstić information content (AvgIpc) is 2.72. The molecule has 16 heavy (non-hydrogen) atoms. The molecule has 1 aromatic rings. The van der Waals surface area contributed by atoms with Crippen LogP contribution in [0.3, 0.4) is 0 Å². The normalized spacial score (nSPS) is 12.3. The van der Waals surface area contributed by atoms with E-state index in [-0.39, 0.29) is 6.04 Å². The van der Waals surface area contributed by atoms with Gasteiger partial charge < -0.3 is 9.73 Å². The van der Waals surface area contributed by atoms with E-state index in [0.29, 0.717) is 13.0 Å². The van der Waals surface area contributed by atoms with E-state index in [1.807, 2.05) is 12.1 Å². The SMILES string of the molecule is CCC(CC#N)NCc1ccc(CSC)o1. The molecular weight excluding hydrogens is 220 g/mol. The van der Waals surface area contributed by atoms with Crippen molar-refractivity contribution in [3.63, 3.8) is 0 Å². The largest absolute Gasteiger partial charge is 0.464 e. The second kappa shape index (κ2) is 7.37. The number of nitriles is 1. The zero-order chi connectivity index (χ0) is 11.8. The summed E-state index contributed by atoms with van der Waals surface area (Å²) in [5, 5.41) is 11.9. The fraction of sp³-hybridized carbons (Fsp3) is 0.583. The van der Waals surface area contributed by atoms with Gasteiger partial charge in [0.05, 0.1) is 24.8 Å². The van der Waals surface area contributed by atoms with E-state index in [1.54, 1.807) is 11.8 Å². The summed E-state index contributed by atoms with van der Waals surface area (Å²) in [7, 11) is 0. The molecule has 1 atom stereocenters. The minimum absolute atomic E-state index is 0.263. The highest BCUT2D eigenvalue weighted by Crippen LogP contribution is 2.13. The molecule has 0 saturated heterocycles. The molecule has 1 unspecified atom stereocenters. The molecule has 0 aromatic carbocycles. The number of nitrogens with zero attached hydrogens (tertiary/aromatic N) is 1. The first-order valence-corrected chi connectivity index (χ1v) is 6.86. The summed E-state index contributed by atoms with van der Waals surface area (Å²) >= 11 is 1.75. The van der Waals surface area contributed by atoms with E-state index in [4.69, 9.17) is 9.68 Å². The van der Waals surface area contributed by atoms with E-state index in [9.17, 15) is 0 Å². The minimum Gasteiger partial charge on any atom is -0.464 e. The Morgan fingerprint density at radius 3 is 2.88 bits per heavy atom. The highest BCUT2D eigenvalue weighted by molar-refractivity contribution is 7.97. The van der Waals surface area contributed by atoms with Gasteiger partial charge in [0.2, 0.25) is 0 Å². The first kappa shape index (κ1) is 13.1. The lowest BCUT2D eigenvalue weighted by Crippen LogP contribution is -2.27.